The smallest absolute Gasteiger partial charge is 0.227 e. The van der Waals surface area contributed by atoms with Crippen LogP contribution in [0.5, 0.6) is 0 Å². The summed E-state index contributed by atoms with van der Waals surface area (Å²) in [6, 6.07) is 8.23. The van der Waals surface area contributed by atoms with Crippen LogP contribution in [-0.2, 0) is 11.2 Å². The largest absolute Gasteiger partial charge is 0.355 e. The Bertz CT molecular complexity index is 456. The molecule has 0 bridgehead atoms. The molecule has 0 heterocycles. The maximum absolute atomic E-state index is 12.2. The predicted octanol–water partition coefficient (Wildman–Crippen LogP) is 3.64. The molecule has 0 spiro atoms. The van der Waals surface area contributed by atoms with E-state index in [4.69, 9.17) is 0 Å². The van der Waals surface area contributed by atoms with Crippen molar-refractivity contribution in [3.8, 4) is 0 Å². The van der Waals surface area contributed by atoms with E-state index < -0.39 is 0 Å². The molecular formula is C16H22BrNO. The fraction of sp³-hybridized carbons (Fsp3) is 0.562. The van der Waals surface area contributed by atoms with Crippen molar-refractivity contribution in [1.82, 2.24) is 5.32 Å². The van der Waals surface area contributed by atoms with Crippen LogP contribution in [0.4, 0.5) is 0 Å². The van der Waals surface area contributed by atoms with Gasteiger partial charge in [0, 0.05) is 11.9 Å². The number of fused-ring (bicyclic) bond motifs is 1. The van der Waals surface area contributed by atoms with Crippen LogP contribution in [0.15, 0.2) is 24.3 Å². The number of hydrogen-bond donors (Lipinski definition) is 1. The van der Waals surface area contributed by atoms with Crippen LogP contribution in [-0.4, -0.2) is 17.8 Å². The predicted molar refractivity (Wildman–Crippen MR) is 82.7 cm³/mol. The van der Waals surface area contributed by atoms with Crippen LogP contribution < -0.4 is 5.32 Å². The van der Waals surface area contributed by atoms with Gasteiger partial charge in [-0.1, -0.05) is 54.0 Å². The second-order valence-corrected chi connectivity index (χ2v) is 6.92. The summed E-state index contributed by atoms with van der Waals surface area (Å²) in [5.74, 6) is 0.258. The summed E-state index contributed by atoms with van der Waals surface area (Å²) in [5, 5.41) is 4.15. The number of amides is 1. The molecule has 0 fully saturated rings. The molecular weight excluding hydrogens is 302 g/mol. The lowest BCUT2D eigenvalue weighted by Gasteiger charge is -2.31. The van der Waals surface area contributed by atoms with E-state index >= 15 is 0 Å². The summed E-state index contributed by atoms with van der Waals surface area (Å²) in [6.07, 6.45) is 3.17. The lowest BCUT2D eigenvalue weighted by Crippen LogP contribution is -2.40. The standard InChI is InChI=1S/C16H22BrNO/c1-16(2,8-5-9-17)11-18-15(19)14-10-12-6-3-4-7-13(12)14/h3-4,6-7,14H,5,8-11H2,1-2H3,(H,18,19). The first-order chi connectivity index (χ1) is 9.03. The van der Waals surface area contributed by atoms with Crippen LogP contribution >= 0.6 is 15.9 Å². The molecule has 3 heteroatoms. The second-order valence-electron chi connectivity index (χ2n) is 6.13. The molecule has 1 unspecified atom stereocenters. The van der Waals surface area contributed by atoms with E-state index in [2.05, 4.69) is 47.2 Å². The zero-order chi connectivity index (χ0) is 13.9. The van der Waals surface area contributed by atoms with Crippen molar-refractivity contribution in [3.05, 3.63) is 35.4 Å². The molecule has 19 heavy (non-hydrogen) atoms. The van der Waals surface area contributed by atoms with Crippen molar-refractivity contribution in [2.75, 3.05) is 11.9 Å². The number of alkyl halides is 1. The highest BCUT2D eigenvalue weighted by Gasteiger charge is 2.32. The minimum absolute atomic E-state index is 0.0724. The monoisotopic (exact) mass is 323 g/mol. The van der Waals surface area contributed by atoms with E-state index in [-0.39, 0.29) is 17.2 Å². The molecule has 1 N–H and O–H groups in total. The third kappa shape index (κ3) is 3.59. The summed E-state index contributed by atoms with van der Waals surface area (Å²) in [5.41, 5.74) is 2.70. The number of carbonyl (C=O) groups excluding carboxylic acids is 1. The van der Waals surface area contributed by atoms with Crippen molar-refractivity contribution in [3.63, 3.8) is 0 Å². The van der Waals surface area contributed by atoms with Gasteiger partial charge < -0.3 is 5.32 Å². The molecule has 1 aromatic rings. The molecule has 0 saturated heterocycles. The number of carbonyl (C=O) groups is 1. The Morgan fingerprint density at radius 2 is 2.16 bits per heavy atom. The van der Waals surface area contributed by atoms with Crippen LogP contribution in [0, 0.1) is 5.41 Å². The van der Waals surface area contributed by atoms with Gasteiger partial charge in [-0.05, 0) is 35.8 Å². The Kier molecular flexibility index (Phi) is 4.67. The van der Waals surface area contributed by atoms with E-state index in [1.165, 1.54) is 11.1 Å². The third-order valence-corrected chi connectivity index (χ3v) is 4.46. The van der Waals surface area contributed by atoms with Gasteiger partial charge in [0.1, 0.15) is 0 Å². The summed E-state index contributed by atoms with van der Waals surface area (Å²) >= 11 is 3.46. The summed E-state index contributed by atoms with van der Waals surface area (Å²) in [4.78, 5) is 12.2. The second kappa shape index (κ2) is 6.08. The van der Waals surface area contributed by atoms with Crippen LogP contribution in [0.3, 0.4) is 0 Å². The van der Waals surface area contributed by atoms with Crippen LogP contribution in [0.2, 0.25) is 0 Å². The zero-order valence-electron chi connectivity index (χ0n) is 11.7. The van der Waals surface area contributed by atoms with Crippen molar-refractivity contribution < 1.29 is 4.79 Å². The lowest BCUT2D eigenvalue weighted by atomic mass is 9.77. The van der Waals surface area contributed by atoms with Gasteiger partial charge in [0.15, 0.2) is 0 Å². The highest BCUT2D eigenvalue weighted by molar-refractivity contribution is 9.09. The molecule has 1 amide bonds. The first-order valence-electron chi connectivity index (χ1n) is 6.95. The van der Waals surface area contributed by atoms with E-state index in [1.807, 2.05) is 12.1 Å². The highest BCUT2D eigenvalue weighted by Crippen LogP contribution is 2.35. The van der Waals surface area contributed by atoms with Gasteiger partial charge in [-0.15, -0.1) is 0 Å². The topological polar surface area (TPSA) is 29.1 Å². The van der Waals surface area contributed by atoms with E-state index in [0.29, 0.717) is 0 Å². The number of hydrogen-bond acceptors (Lipinski definition) is 1. The van der Waals surface area contributed by atoms with Gasteiger partial charge in [-0.25, -0.2) is 0 Å². The molecule has 0 radical (unpaired) electrons. The molecule has 1 aliphatic carbocycles. The highest BCUT2D eigenvalue weighted by atomic mass is 79.9. The maximum atomic E-state index is 12.2. The van der Waals surface area contributed by atoms with Crippen molar-refractivity contribution >= 4 is 21.8 Å². The summed E-state index contributed by atoms with van der Waals surface area (Å²) < 4.78 is 0. The van der Waals surface area contributed by atoms with Gasteiger partial charge in [0.2, 0.25) is 5.91 Å². The number of rotatable bonds is 6. The van der Waals surface area contributed by atoms with Crippen LogP contribution in [0.25, 0.3) is 0 Å². The molecule has 2 nitrogen and oxygen atoms in total. The summed E-state index contributed by atoms with van der Waals surface area (Å²) in [7, 11) is 0. The normalized spacial score (nSPS) is 17.5. The minimum Gasteiger partial charge on any atom is -0.355 e. The van der Waals surface area contributed by atoms with Gasteiger partial charge in [0.05, 0.1) is 5.92 Å². The van der Waals surface area contributed by atoms with E-state index in [9.17, 15) is 4.79 Å². The lowest BCUT2D eigenvalue weighted by molar-refractivity contribution is -0.123. The van der Waals surface area contributed by atoms with Crippen molar-refractivity contribution in [2.45, 2.75) is 39.0 Å². The van der Waals surface area contributed by atoms with Gasteiger partial charge in [-0.2, -0.15) is 0 Å². The number of nitrogens with one attached hydrogen (secondary N) is 1. The Labute approximate surface area is 124 Å². The average Bonchev–Trinajstić information content (AvgIpc) is 2.36. The Morgan fingerprint density at radius 1 is 1.42 bits per heavy atom. The third-order valence-electron chi connectivity index (χ3n) is 3.90. The Morgan fingerprint density at radius 3 is 2.84 bits per heavy atom. The number of halogens is 1. The molecule has 1 aliphatic rings. The molecule has 1 aromatic carbocycles. The Balaban J connectivity index is 1.83. The SMILES string of the molecule is CC(C)(CCCBr)CNC(=O)C1Cc2ccccc21. The van der Waals surface area contributed by atoms with Crippen molar-refractivity contribution in [1.29, 1.82) is 0 Å². The van der Waals surface area contributed by atoms with Gasteiger partial charge >= 0.3 is 0 Å². The first-order valence-corrected chi connectivity index (χ1v) is 8.07. The number of benzene rings is 1. The first kappa shape index (κ1) is 14.6. The maximum Gasteiger partial charge on any atom is 0.227 e. The summed E-state index contributed by atoms with van der Waals surface area (Å²) in [6.45, 7) is 5.19. The minimum atomic E-state index is 0.0724. The molecule has 0 aromatic heterocycles. The van der Waals surface area contributed by atoms with Crippen LogP contribution in [0.1, 0.15) is 43.7 Å². The molecule has 0 saturated carbocycles. The molecule has 104 valence electrons. The average molecular weight is 324 g/mol. The quantitative estimate of drug-likeness (QED) is 0.795. The van der Waals surface area contributed by atoms with Gasteiger partial charge in [-0.3, -0.25) is 4.79 Å². The fourth-order valence-electron chi connectivity index (χ4n) is 2.58. The van der Waals surface area contributed by atoms with E-state index in [0.717, 1.165) is 31.1 Å². The molecule has 0 aliphatic heterocycles. The van der Waals surface area contributed by atoms with Crippen molar-refractivity contribution in [2.24, 2.45) is 5.41 Å². The Hall–Kier alpha value is -0.830. The molecule has 1 atom stereocenters. The fourth-order valence-corrected chi connectivity index (χ4v) is 2.86. The van der Waals surface area contributed by atoms with E-state index in [1.54, 1.807) is 0 Å². The van der Waals surface area contributed by atoms with Gasteiger partial charge in [0.25, 0.3) is 0 Å². The zero-order valence-corrected chi connectivity index (χ0v) is 13.3. The molecule has 2 rings (SSSR count).